The van der Waals surface area contributed by atoms with Gasteiger partial charge in [0.25, 0.3) is 5.91 Å². The predicted octanol–water partition coefficient (Wildman–Crippen LogP) is 1.45. The summed E-state index contributed by atoms with van der Waals surface area (Å²) in [5.74, 6) is 1.32. The van der Waals surface area contributed by atoms with Crippen LogP contribution in [0.1, 0.15) is 5.56 Å². The lowest BCUT2D eigenvalue weighted by atomic mass is 10.1. The van der Waals surface area contributed by atoms with Crippen LogP contribution in [0, 0.1) is 0 Å². The number of methoxy groups -OCH3 is 2. The van der Waals surface area contributed by atoms with Gasteiger partial charge in [-0.3, -0.25) is 4.79 Å². The summed E-state index contributed by atoms with van der Waals surface area (Å²) in [4.78, 5) is 17.1. The Hall–Kier alpha value is -2.31. The molecule has 0 aliphatic carbocycles. The summed E-state index contributed by atoms with van der Waals surface area (Å²) in [7, 11) is 5.21. The van der Waals surface area contributed by atoms with Crippen molar-refractivity contribution in [3.8, 4) is 11.5 Å². The maximum Gasteiger partial charge on any atom is 0.279 e. The monoisotopic (exact) mass is 364 g/mol. The molecule has 1 atom stereocenters. The molecule has 6 nitrogen and oxygen atoms in total. The number of carbonyl (C=O) groups is 1. The van der Waals surface area contributed by atoms with Gasteiger partial charge in [0.2, 0.25) is 0 Å². The maximum absolute atomic E-state index is 12.1. The smallest absolute Gasteiger partial charge is 0.279 e. The van der Waals surface area contributed by atoms with Crippen molar-refractivity contribution in [2.75, 3.05) is 39.7 Å². The number of halogens is 1. The second-order valence-corrected chi connectivity index (χ2v) is 6.07. The number of likely N-dealkylation sites (N-methyl/N-ethyl adjacent to an activating group) is 1. The van der Waals surface area contributed by atoms with Crippen LogP contribution >= 0.6 is 11.6 Å². The maximum atomic E-state index is 12.1. The van der Waals surface area contributed by atoms with Crippen molar-refractivity contribution in [2.24, 2.45) is 0 Å². The number of quaternary nitrogens is 1. The molecular weight excluding hydrogens is 342 g/mol. The fourth-order valence-electron chi connectivity index (χ4n) is 2.43. The quantitative estimate of drug-likeness (QED) is 0.696. The van der Waals surface area contributed by atoms with Gasteiger partial charge >= 0.3 is 0 Å². The van der Waals surface area contributed by atoms with Crippen LogP contribution in [0.25, 0.3) is 0 Å². The van der Waals surface area contributed by atoms with Crippen molar-refractivity contribution in [3.05, 3.63) is 47.2 Å². The van der Waals surface area contributed by atoms with Crippen LogP contribution in [-0.2, 0) is 11.2 Å². The lowest BCUT2D eigenvalue weighted by Gasteiger charge is -2.15. The van der Waals surface area contributed by atoms with E-state index in [1.165, 1.54) is 0 Å². The van der Waals surface area contributed by atoms with Crippen LogP contribution < -0.4 is 19.7 Å². The lowest BCUT2D eigenvalue weighted by molar-refractivity contribution is -0.870. The Labute approximate surface area is 152 Å². The number of nitrogens with one attached hydrogen (secondary N) is 2. The average molecular weight is 365 g/mol. The molecule has 2 N–H and O–H groups in total. The molecule has 0 aliphatic heterocycles. The van der Waals surface area contributed by atoms with Crippen molar-refractivity contribution in [1.82, 2.24) is 4.98 Å². The van der Waals surface area contributed by atoms with E-state index in [2.05, 4.69) is 10.3 Å². The van der Waals surface area contributed by atoms with Crippen molar-refractivity contribution in [1.29, 1.82) is 0 Å². The third-order valence-electron chi connectivity index (χ3n) is 3.78. The van der Waals surface area contributed by atoms with Crippen molar-refractivity contribution >= 4 is 23.2 Å². The third-order valence-corrected chi connectivity index (χ3v) is 4.09. The minimum atomic E-state index is -0.0975. The van der Waals surface area contributed by atoms with Crippen LogP contribution in [0.3, 0.4) is 0 Å². The molecular formula is C18H23ClN3O3+. The fraction of sp³-hybridized carbons (Fsp3) is 0.333. The number of hydrogen-bond acceptors (Lipinski definition) is 4. The molecule has 0 aliphatic rings. The van der Waals surface area contributed by atoms with Crippen LogP contribution in [0.15, 0.2) is 36.5 Å². The highest BCUT2D eigenvalue weighted by Gasteiger charge is 2.13. The van der Waals surface area contributed by atoms with Crippen LogP contribution in [0.2, 0.25) is 5.15 Å². The lowest BCUT2D eigenvalue weighted by Crippen LogP contribution is -3.10. The van der Waals surface area contributed by atoms with Crippen molar-refractivity contribution in [2.45, 2.75) is 6.42 Å². The number of hydrogen-bond donors (Lipinski definition) is 2. The number of ether oxygens (including phenoxy) is 2. The summed E-state index contributed by atoms with van der Waals surface area (Å²) in [6, 6.07) is 9.31. The van der Waals surface area contributed by atoms with E-state index >= 15 is 0 Å². The number of rotatable bonds is 8. The molecule has 0 bridgehead atoms. The van der Waals surface area contributed by atoms with Gasteiger partial charge in [0.15, 0.2) is 23.2 Å². The van der Waals surface area contributed by atoms with E-state index in [4.69, 9.17) is 21.1 Å². The Morgan fingerprint density at radius 1 is 1.24 bits per heavy atom. The molecule has 2 aromatic rings. The number of carbonyl (C=O) groups excluding carboxylic acids is 1. The predicted molar refractivity (Wildman–Crippen MR) is 97.7 cm³/mol. The van der Waals surface area contributed by atoms with Gasteiger partial charge in [-0.05, 0) is 29.8 Å². The van der Waals surface area contributed by atoms with E-state index in [0.717, 1.165) is 23.4 Å². The summed E-state index contributed by atoms with van der Waals surface area (Å²) in [5, 5.41) is 3.07. The van der Waals surface area contributed by atoms with E-state index in [9.17, 15) is 4.79 Å². The summed E-state index contributed by atoms with van der Waals surface area (Å²) in [6.07, 6.45) is 2.41. The van der Waals surface area contributed by atoms with E-state index < -0.39 is 0 Å². The number of anilines is 1. The van der Waals surface area contributed by atoms with Gasteiger partial charge in [-0.25, -0.2) is 4.98 Å². The van der Waals surface area contributed by atoms with Crippen LogP contribution in [0.5, 0.6) is 11.5 Å². The summed E-state index contributed by atoms with van der Waals surface area (Å²) in [6.45, 7) is 1.15. The largest absolute Gasteiger partial charge is 0.493 e. The number of amides is 1. The van der Waals surface area contributed by atoms with Gasteiger partial charge in [0.1, 0.15) is 0 Å². The zero-order chi connectivity index (χ0) is 18.2. The molecule has 0 fully saturated rings. The standard InChI is InChI=1S/C18H22ClN3O3/c1-22(12-17(23)21-14-5-4-9-20-18(14)19)10-8-13-6-7-15(24-2)16(11-13)25-3/h4-7,9,11H,8,10,12H2,1-3H3,(H,21,23)/p+1. The molecule has 1 amide bonds. The summed E-state index contributed by atoms with van der Waals surface area (Å²) >= 11 is 5.94. The zero-order valence-electron chi connectivity index (χ0n) is 14.6. The number of nitrogens with zero attached hydrogens (tertiary/aromatic N) is 1. The van der Waals surface area contributed by atoms with Crippen LogP contribution in [-0.4, -0.2) is 45.2 Å². The van der Waals surface area contributed by atoms with E-state index in [-0.39, 0.29) is 5.91 Å². The first-order chi connectivity index (χ1) is 12.0. The van der Waals surface area contributed by atoms with E-state index in [1.54, 1.807) is 32.5 Å². The fourth-order valence-corrected chi connectivity index (χ4v) is 2.60. The minimum absolute atomic E-state index is 0.0975. The summed E-state index contributed by atoms with van der Waals surface area (Å²) < 4.78 is 10.5. The Balaban J connectivity index is 1.85. The molecule has 0 radical (unpaired) electrons. The van der Waals surface area contributed by atoms with Gasteiger partial charge in [-0.1, -0.05) is 17.7 Å². The number of pyridine rings is 1. The molecule has 0 spiro atoms. The molecule has 1 aromatic heterocycles. The van der Waals surface area contributed by atoms with Crippen molar-refractivity contribution < 1.29 is 19.2 Å². The molecule has 25 heavy (non-hydrogen) atoms. The highest BCUT2D eigenvalue weighted by atomic mass is 35.5. The molecule has 7 heteroatoms. The van der Waals surface area contributed by atoms with E-state index in [0.29, 0.717) is 28.9 Å². The minimum Gasteiger partial charge on any atom is -0.493 e. The molecule has 134 valence electrons. The van der Waals surface area contributed by atoms with Gasteiger partial charge in [0.05, 0.1) is 33.5 Å². The first-order valence-electron chi connectivity index (χ1n) is 7.96. The van der Waals surface area contributed by atoms with E-state index in [1.807, 2.05) is 25.2 Å². The first kappa shape index (κ1) is 19.0. The second-order valence-electron chi connectivity index (χ2n) is 5.71. The Kier molecular flexibility index (Phi) is 7.03. The van der Waals surface area contributed by atoms with Crippen LogP contribution in [0.4, 0.5) is 5.69 Å². The highest BCUT2D eigenvalue weighted by Crippen LogP contribution is 2.27. The third kappa shape index (κ3) is 5.62. The molecule has 1 aromatic carbocycles. The van der Waals surface area contributed by atoms with Crippen molar-refractivity contribution in [3.63, 3.8) is 0 Å². The Bertz CT molecular complexity index is 724. The first-order valence-corrected chi connectivity index (χ1v) is 8.34. The molecule has 0 saturated carbocycles. The molecule has 0 saturated heterocycles. The van der Waals surface area contributed by atoms with Gasteiger partial charge in [-0.2, -0.15) is 0 Å². The molecule has 1 unspecified atom stereocenters. The molecule has 2 rings (SSSR count). The Morgan fingerprint density at radius 3 is 2.68 bits per heavy atom. The average Bonchev–Trinajstić information content (AvgIpc) is 2.61. The highest BCUT2D eigenvalue weighted by molar-refractivity contribution is 6.32. The number of aromatic nitrogens is 1. The van der Waals surface area contributed by atoms with Gasteiger partial charge < -0.3 is 19.7 Å². The van der Waals surface area contributed by atoms with Gasteiger partial charge in [-0.15, -0.1) is 0 Å². The topological polar surface area (TPSA) is 64.9 Å². The molecule has 1 heterocycles. The number of benzene rings is 1. The zero-order valence-corrected chi connectivity index (χ0v) is 15.4. The second kappa shape index (κ2) is 9.25. The normalized spacial score (nSPS) is 11.7. The summed E-state index contributed by atoms with van der Waals surface area (Å²) in [5.41, 5.74) is 1.66. The SMILES string of the molecule is COc1ccc(CC[NH+](C)CC(=O)Nc2cccnc2Cl)cc1OC. The Morgan fingerprint density at radius 2 is 2.00 bits per heavy atom. The van der Waals surface area contributed by atoms with Gasteiger partial charge in [0, 0.05) is 12.6 Å².